The summed E-state index contributed by atoms with van der Waals surface area (Å²) in [5.74, 6) is 0.800. The lowest BCUT2D eigenvalue weighted by Crippen LogP contribution is -1.99. The second-order valence-corrected chi connectivity index (χ2v) is 11.5. The summed E-state index contributed by atoms with van der Waals surface area (Å²) in [7, 11) is 0. The highest BCUT2D eigenvalue weighted by atomic mass is 28.1. The van der Waals surface area contributed by atoms with Crippen molar-refractivity contribution < 1.29 is 0 Å². The summed E-state index contributed by atoms with van der Waals surface area (Å²) in [4.78, 5) is 0. The predicted octanol–water partition coefficient (Wildman–Crippen LogP) is 11.4. The van der Waals surface area contributed by atoms with Crippen LogP contribution in [-0.4, -0.2) is 11.0 Å². The third-order valence-electron chi connectivity index (χ3n) is 8.21. The van der Waals surface area contributed by atoms with Crippen LogP contribution < -0.4 is 0 Å². The molecule has 1 atom stereocenters. The summed E-state index contributed by atoms with van der Waals surface area (Å²) in [6, 6.07) is 40.6. The quantitative estimate of drug-likeness (QED) is 0.0908. The lowest BCUT2D eigenvalue weighted by atomic mass is 9.88. The molecule has 1 unspecified atom stereocenters. The molecule has 4 aromatic rings. The molecule has 1 aliphatic carbocycles. The molecule has 0 radical (unpaired) electrons. The molecule has 0 nitrogen and oxygen atoms in total. The lowest BCUT2D eigenvalue weighted by Gasteiger charge is -2.17. The largest absolute Gasteiger partial charge is 0.0654 e. The predicted molar refractivity (Wildman–Crippen MR) is 193 cm³/mol. The normalized spacial score (nSPS) is 11.5. The summed E-state index contributed by atoms with van der Waals surface area (Å²) in [5, 5.41) is 0. The summed E-state index contributed by atoms with van der Waals surface area (Å²) in [5.41, 5.74) is 7.33. The molecule has 0 aromatic heterocycles. The molecular weight excluding hydrogens is 521 g/mol. The maximum absolute atomic E-state index is 2.34. The second-order valence-electron chi connectivity index (χ2n) is 11.5. The fourth-order valence-electron chi connectivity index (χ4n) is 5.83. The molecule has 0 amide bonds. The van der Waals surface area contributed by atoms with Gasteiger partial charge in [0.1, 0.15) is 0 Å². The Morgan fingerprint density at radius 3 is 1.24 bits per heavy atom. The first-order chi connectivity index (χ1) is 20.3. The van der Waals surface area contributed by atoms with E-state index in [1.165, 1.54) is 106 Å². The van der Waals surface area contributed by atoms with Gasteiger partial charge >= 0.3 is 0 Å². The third kappa shape index (κ3) is 13.4. The van der Waals surface area contributed by atoms with E-state index < -0.39 is 0 Å². The Morgan fingerprint density at radius 1 is 0.429 bits per heavy atom. The number of hydrogen-bond acceptors (Lipinski definition) is 0. The molecule has 0 saturated heterocycles. The maximum atomic E-state index is 2.34. The Morgan fingerprint density at radius 2 is 0.786 bits per heavy atom. The Labute approximate surface area is 263 Å². The summed E-state index contributed by atoms with van der Waals surface area (Å²) in [6.07, 6.45) is 19.4. The Hall–Kier alpha value is -2.90. The molecule has 226 valence electrons. The number of unbranched alkanes of at least 4 members (excludes halogenated alkanes) is 9. The fraction of sp³-hybridized carbons (Fsp3) is 0.415. The first kappa shape index (κ1) is 35.3. The highest BCUT2D eigenvalue weighted by Crippen LogP contribution is 2.35. The highest BCUT2D eigenvalue weighted by Gasteiger charge is 2.16. The highest BCUT2D eigenvalue weighted by molar-refractivity contribution is 5.76. The summed E-state index contributed by atoms with van der Waals surface area (Å²) < 4.78 is 0. The molecule has 1 heteroatoms. The maximum Gasteiger partial charge on any atom is -0.00135 e. The van der Waals surface area contributed by atoms with Crippen LogP contribution in [0.4, 0.5) is 0 Å². The summed E-state index contributed by atoms with van der Waals surface area (Å²) in [6.45, 7) is 4.59. The summed E-state index contributed by atoms with van der Waals surface area (Å²) >= 11 is 0. The van der Waals surface area contributed by atoms with E-state index in [0.717, 1.165) is 12.3 Å². The standard InChI is InChI=1S/C22H38.C13H10.C6H6.H4Si/c1-3-5-7-9-11-14-18-21(17-13-10-8-6-4-2)22-19-15-12-16-20-22;1-3-7-12-10(5-1)9-11-6-2-4-8-13(11)12;1-2-4-6-5-3-1;/h12,15-16,19-21H,3-11,13-14,17-18H2,1-2H3;1-8H,9H2;1-6H;1H4. The molecule has 0 heterocycles. The van der Waals surface area contributed by atoms with Crippen LogP contribution in [0, 0.1) is 0 Å². The van der Waals surface area contributed by atoms with E-state index in [1.54, 1.807) is 5.56 Å². The lowest BCUT2D eigenvalue weighted by molar-refractivity contribution is 0.488. The molecule has 4 aromatic carbocycles. The third-order valence-corrected chi connectivity index (χ3v) is 8.21. The minimum atomic E-state index is 0. The topological polar surface area (TPSA) is 0 Å². The SMILES string of the molecule is CCCCCCCCC(CCCCCCC)c1ccccc1.[SiH4].c1ccc2c(c1)Cc1ccccc1-2.c1ccccc1. The molecule has 0 fully saturated rings. The average molecular weight is 579 g/mol. The van der Waals surface area contributed by atoms with Crippen LogP contribution in [-0.2, 0) is 6.42 Å². The van der Waals surface area contributed by atoms with Crippen LogP contribution in [0.3, 0.4) is 0 Å². The van der Waals surface area contributed by atoms with Crippen molar-refractivity contribution in [2.24, 2.45) is 0 Å². The van der Waals surface area contributed by atoms with Crippen LogP contribution in [0.25, 0.3) is 11.1 Å². The van der Waals surface area contributed by atoms with Crippen LogP contribution in [0.1, 0.15) is 120 Å². The molecule has 42 heavy (non-hydrogen) atoms. The van der Waals surface area contributed by atoms with Crippen LogP contribution in [0.15, 0.2) is 115 Å². The van der Waals surface area contributed by atoms with E-state index in [9.17, 15) is 0 Å². The Balaban J connectivity index is 0.000000256. The zero-order chi connectivity index (χ0) is 28.8. The zero-order valence-electron chi connectivity index (χ0n) is 25.9. The van der Waals surface area contributed by atoms with E-state index in [4.69, 9.17) is 0 Å². The Kier molecular flexibility index (Phi) is 19.0. The molecule has 0 aliphatic heterocycles. The fourth-order valence-corrected chi connectivity index (χ4v) is 5.83. The number of hydrogen-bond donors (Lipinski definition) is 0. The molecule has 0 bridgehead atoms. The van der Waals surface area contributed by atoms with Crippen LogP contribution in [0.5, 0.6) is 0 Å². The van der Waals surface area contributed by atoms with Gasteiger partial charge in [0.15, 0.2) is 0 Å². The van der Waals surface area contributed by atoms with Gasteiger partial charge in [-0.25, -0.2) is 0 Å². The minimum absolute atomic E-state index is 0. The molecule has 1 aliphatic rings. The van der Waals surface area contributed by atoms with Gasteiger partial charge in [0.05, 0.1) is 0 Å². The van der Waals surface area contributed by atoms with Gasteiger partial charge in [-0.05, 0) is 64.0 Å². The van der Waals surface area contributed by atoms with E-state index in [0.29, 0.717) is 0 Å². The second kappa shape index (κ2) is 22.7. The van der Waals surface area contributed by atoms with Gasteiger partial charge in [0, 0.05) is 0 Å². The number of benzene rings is 4. The molecule has 0 saturated carbocycles. The van der Waals surface area contributed by atoms with E-state index in [1.807, 2.05) is 36.4 Å². The first-order valence-corrected chi connectivity index (χ1v) is 16.5. The van der Waals surface area contributed by atoms with Crippen LogP contribution in [0.2, 0.25) is 0 Å². The minimum Gasteiger partial charge on any atom is -0.0654 e. The van der Waals surface area contributed by atoms with E-state index in [-0.39, 0.29) is 11.0 Å². The van der Waals surface area contributed by atoms with Crippen molar-refractivity contribution in [3.8, 4) is 11.1 Å². The smallest absolute Gasteiger partial charge is 0.00135 e. The number of rotatable bonds is 14. The molecule has 5 rings (SSSR count). The molecule has 0 N–H and O–H groups in total. The Bertz CT molecular complexity index is 1100. The van der Waals surface area contributed by atoms with E-state index in [2.05, 4.69) is 92.7 Å². The zero-order valence-corrected chi connectivity index (χ0v) is 25.9. The van der Waals surface area contributed by atoms with Gasteiger partial charge in [-0.15, -0.1) is 0 Å². The van der Waals surface area contributed by atoms with Crippen molar-refractivity contribution in [1.82, 2.24) is 0 Å². The van der Waals surface area contributed by atoms with Gasteiger partial charge in [-0.2, -0.15) is 0 Å². The van der Waals surface area contributed by atoms with Crippen molar-refractivity contribution in [1.29, 1.82) is 0 Å². The van der Waals surface area contributed by atoms with Gasteiger partial charge in [0.2, 0.25) is 0 Å². The van der Waals surface area contributed by atoms with E-state index >= 15 is 0 Å². The van der Waals surface area contributed by atoms with Crippen molar-refractivity contribution in [2.75, 3.05) is 0 Å². The van der Waals surface area contributed by atoms with Gasteiger partial charge in [-0.3, -0.25) is 0 Å². The van der Waals surface area contributed by atoms with Gasteiger partial charge in [0.25, 0.3) is 0 Å². The average Bonchev–Trinajstić information content (AvgIpc) is 3.42. The molecule has 0 spiro atoms. The molecular formula is C41H58Si. The first-order valence-electron chi connectivity index (χ1n) is 16.5. The van der Waals surface area contributed by atoms with Crippen molar-refractivity contribution >= 4 is 11.0 Å². The van der Waals surface area contributed by atoms with Crippen molar-refractivity contribution in [3.63, 3.8) is 0 Å². The van der Waals surface area contributed by atoms with Gasteiger partial charge < -0.3 is 0 Å². The monoisotopic (exact) mass is 578 g/mol. The van der Waals surface area contributed by atoms with Crippen molar-refractivity contribution in [3.05, 3.63) is 132 Å². The van der Waals surface area contributed by atoms with Gasteiger partial charge in [-0.1, -0.05) is 200 Å². The van der Waals surface area contributed by atoms with Crippen LogP contribution >= 0.6 is 0 Å². The van der Waals surface area contributed by atoms with Crippen molar-refractivity contribution in [2.45, 2.75) is 110 Å². The number of fused-ring (bicyclic) bond motifs is 3.